The summed E-state index contributed by atoms with van der Waals surface area (Å²) in [5, 5.41) is 11.9. The first-order valence-electron chi connectivity index (χ1n) is 12.4. The molecule has 3 aromatic carbocycles. The van der Waals surface area contributed by atoms with Gasteiger partial charge in [-0.15, -0.1) is 0 Å². The average Bonchev–Trinajstić information content (AvgIpc) is 3.50. The number of ether oxygens (including phenoxy) is 4. The molecule has 2 heterocycles. The number of benzene rings is 3. The zero-order valence-electron chi connectivity index (χ0n) is 22.9. The van der Waals surface area contributed by atoms with Gasteiger partial charge in [-0.05, 0) is 61.4 Å². The van der Waals surface area contributed by atoms with Crippen molar-refractivity contribution in [1.29, 1.82) is 0 Å². The fraction of sp³-hybridized carbons (Fsp3) is 0.233. The number of amides is 1. The third kappa shape index (κ3) is 4.40. The van der Waals surface area contributed by atoms with E-state index in [-0.39, 0.29) is 11.3 Å². The summed E-state index contributed by atoms with van der Waals surface area (Å²) in [6, 6.07) is 13.2. The van der Waals surface area contributed by atoms with Crippen molar-refractivity contribution in [3.8, 4) is 23.0 Å². The molecule has 0 aliphatic carbocycles. The third-order valence-electron chi connectivity index (χ3n) is 6.89. The van der Waals surface area contributed by atoms with Crippen LogP contribution in [-0.2, 0) is 9.59 Å². The van der Waals surface area contributed by atoms with Crippen molar-refractivity contribution in [1.82, 2.24) is 4.98 Å². The standard InChI is InChI=1S/C30H28N2O7S/c1-15-7-8-16(2)19(11-15)26(33)24-25(17-12-21(37-4)28(39-6)22(13-17)38-5)32(29(35)27(24)34)30-31-20-10-9-18(36-3)14-23(20)40-30/h7-14,25,33H,1-6H3/b26-24+. The van der Waals surface area contributed by atoms with Crippen LogP contribution in [0.5, 0.6) is 23.0 Å². The van der Waals surface area contributed by atoms with E-state index in [2.05, 4.69) is 4.98 Å². The Labute approximate surface area is 235 Å². The maximum Gasteiger partial charge on any atom is 0.301 e. The number of ketones is 1. The Morgan fingerprint density at radius 1 is 0.900 bits per heavy atom. The SMILES string of the molecule is COc1ccc2nc(N3C(=O)C(=O)/C(=C(/O)c4cc(C)ccc4C)C3c3cc(OC)c(OC)c(OC)c3)sc2c1. The molecule has 0 radical (unpaired) electrons. The number of aryl methyl sites for hydroxylation is 2. The minimum Gasteiger partial charge on any atom is -0.507 e. The Bertz CT molecular complexity index is 1670. The number of anilines is 1. The summed E-state index contributed by atoms with van der Waals surface area (Å²) < 4.78 is 22.7. The largest absolute Gasteiger partial charge is 0.507 e. The van der Waals surface area contributed by atoms with E-state index in [0.29, 0.717) is 44.8 Å². The third-order valence-corrected chi connectivity index (χ3v) is 7.90. The summed E-state index contributed by atoms with van der Waals surface area (Å²) in [6.07, 6.45) is 0. The molecule has 1 N–H and O–H groups in total. The number of Topliss-reactive ketones (excluding diaryl/α,β-unsaturated/α-hetero) is 1. The Morgan fingerprint density at radius 3 is 2.23 bits per heavy atom. The lowest BCUT2D eigenvalue weighted by molar-refractivity contribution is -0.132. The molecule has 1 saturated heterocycles. The number of carbonyl (C=O) groups is 2. The van der Waals surface area contributed by atoms with Crippen molar-refractivity contribution in [2.45, 2.75) is 19.9 Å². The number of nitrogens with zero attached hydrogens (tertiary/aromatic N) is 2. The lowest BCUT2D eigenvalue weighted by Gasteiger charge is -2.24. The van der Waals surface area contributed by atoms with Crippen LogP contribution in [0.2, 0.25) is 0 Å². The molecular formula is C30H28N2O7S. The van der Waals surface area contributed by atoms with Crippen LogP contribution >= 0.6 is 11.3 Å². The van der Waals surface area contributed by atoms with Gasteiger partial charge in [-0.1, -0.05) is 29.0 Å². The Morgan fingerprint density at radius 2 is 1.60 bits per heavy atom. The normalized spacial score (nSPS) is 16.4. The predicted octanol–water partition coefficient (Wildman–Crippen LogP) is 5.57. The summed E-state index contributed by atoms with van der Waals surface area (Å²) in [7, 11) is 6.02. The fourth-order valence-electron chi connectivity index (χ4n) is 4.86. The average molecular weight is 561 g/mol. The number of fused-ring (bicyclic) bond motifs is 1. The molecule has 1 fully saturated rings. The Hall–Kier alpha value is -4.57. The van der Waals surface area contributed by atoms with Gasteiger partial charge in [0.05, 0.1) is 50.3 Å². The molecule has 0 bridgehead atoms. The first-order chi connectivity index (χ1) is 19.2. The van der Waals surface area contributed by atoms with Crippen molar-refractivity contribution >= 4 is 44.1 Å². The molecule has 1 amide bonds. The topological polar surface area (TPSA) is 107 Å². The van der Waals surface area contributed by atoms with E-state index in [0.717, 1.165) is 15.8 Å². The molecule has 1 aliphatic rings. The first kappa shape index (κ1) is 27.0. The van der Waals surface area contributed by atoms with E-state index in [4.69, 9.17) is 18.9 Å². The fourth-order valence-corrected chi connectivity index (χ4v) is 5.88. The Balaban J connectivity index is 1.80. The molecule has 1 unspecified atom stereocenters. The molecule has 9 nitrogen and oxygen atoms in total. The van der Waals surface area contributed by atoms with Crippen LogP contribution in [-0.4, -0.2) is 50.2 Å². The summed E-state index contributed by atoms with van der Waals surface area (Å²) in [5.41, 5.74) is 3.16. The summed E-state index contributed by atoms with van der Waals surface area (Å²) >= 11 is 1.24. The van der Waals surface area contributed by atoms with Gasteiger partial charge < -0.3 is 24.1 Å². The molecule has 0 spiro atoms. The van der Waals surface area contributed by atoms with E-state index < -0.39 is 17.7 Å². The van der Waals surface area contributed by atoms with Crippen LogP contribution in [0, 0.1) is 13.8 Å². The minimum atomic E-state index is -1.03. The number of aliphatic hydroxyl groups excluding tert-OH is 1. The molecule has 4 aromatic rings. The number of carbonyl (C=O) groups excluding carboxylic acids is 2. The van der Waals surface area contributed by atoms with Gasteiger partial charge in [0.2, 0.25) is 5.75 Å². The maximum atomic E-state index is 13.7. The highest BCUT2D eigenvalue weighted by Crippen LogP contribution is 2.48. The quantitative estimate of drug-likeness (QED) is 0.178. The van der Waals surface area contributed by atoms with Gasteiger partial charge in [0.1, 0.15) is 11.5 Å². The van der Waals surface area contributed by atoms with Gasteiger partial charge >= 0.3 is 5.91 Å². The molecule has 1 atom stereocenters. The monoisotopic (exact) mass is 560 g/mol. The van der Waals surface area contributed by atoms with Crippen LogP contribution in [0.3, 0.4) is 0 Å². The number of hydrogen-bond donors (Lipinski definition) is 1. The maximum absolute atomic E-state index is 13.7. The van der Waals surface area contributed by atoms with Crippen molar-refractivity contribution in [2.75, 3.05) is 33.3 Å². The summed E-state index contributed by atoms with van der Waals surface area (Å²) in [6.45, 7) is 3.72. The second-order valence-electron chi connectivity index (χ2n) is 9.28. The number of rotatable bonds is 7. The van der Waals surface area contributed by atoms with Crippen molar-refractivity contribution < 1.29 is 33.6 Å². The zero-order chi connectivity index (χ0) is 28.7. The highest BCUT2D eigenvalue weighted by Gasteiger charge is 2.48. The van der Waals surface area contributed by atoms with Gasteiger partial charge in [-0.2, -0.15) is 0 Å². The van der Waals surface area contributed by atoms with Gasteiger partial charge in [-0.25, -0.2) is 4.98 Å². The van der Waals surface area contributed by atoms with Gasteiger partial charge in [-0.3, -0.25) is 14.5 Å². The highest BCUT2D eigenvalue weighted by molar-refractivity contribution is 7.22. The molecular weight excluding hydrogens is 532 g/mol. The van der Waals surface area contributed by atoms with Crippen LogP contribution in [0.25, 0.3) is 16.0 Å². The number of aliphatic hydroxyl groups is 1. The lowest BCUT2D eigenvalue weighted by Crippen LogP contribution is -2.29. The van der Waals surface area contributed by atoms with Gasteiger partial charge in [0.15, 0.2) is 16.6 Å². The number of aromatic nitrogens is 1. The lowest BCUT2D eigenvalue weighted by atomic mass is 9.93. The van der Waals surface area contributed by atoms with E-state index in [1.165, 1.54) is 37.6 Å². The molecule has 1 aromatic heterocycles. The molecule has 0 saturated carbocycles. The van der Waals surface area contributed by atoms with Crippen molar-refractivity contribution in [3.05, 3.63) is 76.4 Å². The summed E-state index contributed by atoms with van der Waals surface area (Å²) in [5.74, 6) is -0.242. The molecule has 1 aliphatic heterocycles. The molecule has 10 heteroatoms. The van der Waals surface area contributed by atoms with Gasteiger partial charge in [0.25, 0.3) is 5.78 Å². The van der Waals surface area contributed by atoms with E-state index >= 15 is 0 Å². The second-order valence-corrected chi connectivity index (χ2v) is 10.3. The van der Waals surface area contributed by atoms with Crippen molar-refractivity contribution in [2.24, 2.45) is 0 Å². The first-order valence-corrected chi connectivity index (χ1v) is 13.2. The van der Waals surface area contributed by atoms with Crippen LogP contribution in [0.4, 0.5) is 5.13 Å². The zero-order valence-corrected chi connectivity index (χ0v) is 23.7. The molecule has 40 heavy (non-hydrogen) atoms. The number of thiazole rings is 1. The van der Waals surface area contributed by atoms with Crippen LogP contribution < -0.4 is 23.8 Å². The van der Waals surface area contributed by atoms with Crippen molar-refractivity contribution in [3.63, 3.8) is 0 Å². The second kappa shape index (κ2) is 10.5. The van der Waals surface area contributed by atoms with Crippen LogP contribution in [0.15, 0.2) is 54.1 Å². The van der Waals surface area contributed by atoms with E-state index in [1.54, 1.807) is 37.4 Å². The molecule has 206 valence electrons. The van der Waals surface area contributed by atoms with E-state index in [9.17, 15) is 14.7 Å². The number of methoxy groups -OCH3 is 4. The number of hydrogen-bond acceptors (Lipinski definition) is 9. The smallest absolute Gasteiger partial charge is 0.301 e. The van der Waals surface area contributed by atoms with Crippen LogP contribution in [0.1, 0.15) is 28.3 Å². The Kier molecular flexibility index (Phi) is 7.12. The van der Waals surface area contributed by atoms with Gasteiger partial charge in [0, 0.05) is 5.56 Å². The van der Waals surface area contributed by atoms with E-state index in [1.807, 2.05) is 32.0 Å². The summed E-state index contributed by atoms with van der Waals surface area (Å²) in [4.78, 5) is 33.4. The minimum absolute atomic E-state index is 0.0650. The predicted molar refractivity (Wildman–Crippen MR) is 153 cm³/mol. The molecule has 5 rings (SSSR count). The highest BCUT2D eigenvalue weighted by atomic mass is 32.1.